The molecule has 0 fully saturated rings. The van der Waals surface area contributed by atoms with Gasteiger partial charge in [-0.05, 0) is 41.8 Å². The topological polar surface area (TPSA) is 30.2 Å². The van der Waals surface area contributed by atoms with Gasteiger partial charge in [0.05, 0.1) is 17.6 Å². The van der Waals surface area contributed by atoms with Crippen LogP contribution < -0.4 is 4.80 Å². The van der Waals surface area contributed by atoms with Crippen LogP contribution in [0.1, 0.15) is 5.56 Å². The summed E-state index contributed by atoms with van der Waals surface area (Å²) in [6.07, 6.45) is 4.52. The van der Waals surface area contributed by atoms with Crippen LogP contribution >= 0.6 is 27.3 Å². The molecule has 0 bridgehead atoms. The number of rotatable bonds is 5. The second-order valence-corrected chi connectivity index (χ2v) is 7.87. The number of hydrogen-bond donors (Lipinski definition) is 0. The van der Waals surface area contributed by atoms with Crippen molar-refractivity contribution < 1.29 is 0 Å². The average Bonchev–Trinajstić information content (AvgIpc) is 3.11. The van der Waals surface area contributed by atoms with Gasteiger partial charge >= 0.3 is 0 Å². The molecule has 5 heteroatoms. The molecule has 0 atom stereocenters. The molecule has 4 aromatic rings. The normalized spacial score (nSPS) is 11.7. The first-order valence-electron chi connectivity index (χ1n) is 8.72. The fourth-order valence-electron chi connectivity index (χ4n) is 2.90. The van der Waals surface area contributed by atoms with E-state index in [-0.39, 0.29) is 0 Å². The van der Waals surface area contributed by atoms with Gasteiger partial charge in [-0.2, -0.15) is 0 Å². The molecule has 0 aliphatic heterocycles. The van der Waals surface area contributed by atoms with Crippen LogP contribution in [0.4, 0.5) is 5.69 Å². The monoisotopic (exact) mass is 435 g/mol. The minimum Gasteiger partial charge on any atom is -0.316 e. The Kier molecular flexibility index (Phi) is 5.61. The van der Waals surface area contributed by atoms with Gasteiger partial charge in [0.2, 0.25) is 0 Å². The Morgan fingerprint density at radius 3 is 2.52 bits per heavy atom. The summed E-state index contributed by atoms with van der Waals surface area (Å²) in [4.78, 5) is 9.99. The van der Waals surface area contributed by atoms with E-state index in [0.29, 0.717) is 0 Å². The van der Waals surface area contributed by atoms with Crippen LogP contribution in [0.3, 0.4) is 0 Å². The molecular weight excluding hydrogens is 418 g/mol. The third kappa shape index (κ3) is 4.43. The van der Waals surface area contributed by atoms with Crippen LogP contribution in [0.25, 0.3) is 11.3 Å². The van der Waals surface area contributed by atoms with E-state index in [2.05, 4.69) is 85.5 Å². The highest BCUT2D eigenvalue weighted by Gasteiger charge is 2.09. The van der Waals surface area contributed by atoms with Crippen molar-refractivity contribution in [2.45, 2.75) is 13.0 Å². The predicted molar refractivity (Wildman–Crippen MR) is 115 cm³/mol. The van der Waals surface area contributed by atoms with Crippen LogP contribution in [0.5, 0.6) is 0 Å². The molecule has 2 aromatic heterocycles. The van der Waals surface area contributed by atoms with Crippen molar-refractivity contribution in [2.24, 2.45) is 4.99 Å². The Morgan fingerprint density at radius 1 is 0.963 bits per heavy atom. The first kappa shape index (κ1) is 17.9. The molecule has 2 heterocycles. The van der Waals surface area contributed by atoms with Gasteiger partial charge in [0.1, 0.15) is 0 Å². The molecule has 2 aromatic carbocycles. The number of pyridine rings is 1. The quantitative estimate of drug-likeness (QED) is 0.386. The van der Waals surface area contributed by atoms with Crippen LogP contribution in [0.2, 0.25) is 0 Å². The van der Waals surface area contributed by atoms with Gasteiger partial charge in [-0.25, -0.2) is 4.99 Å². The standard InChI is InChI=1S/C22H18BrN3S/c23-19-10-8-18(9-11-19)21-16-27-22(25-20-7-4-13-24-15-20)26(21)14-12-17-5-2-1-3-6-17/h1-11,13,15-16H,12,14H2. The summed E-state index contributed by atoms with van der Waals surface area (Å²) in [5.74, 6) is 0. The summed E-state index contributed by atoms with van der Waals surface area (Å²) in [7, 11) is 0. The Hall–Kier alpha value is -2.50. The third-order valence-electron chi connectivity index (χ3n) is 4.28. The lowest BCUT2D eigenvalue weighted by Crippen LogP contribution is -2.17. The molecule has 0 saturated carbocycles. The molecule has 27 heavy (non-hydrogen) atoms. The van der Waals surface area contributed by atoms with Crippen molar-refractivity contribution in [3.8, 4) is 11.3 Å². The zero-order chi connectivity index (χ0) is 18.5. The van der Waals surface area contributed by atoms with Crippen molar-refractivity contribution in [2.75, 3.05) is 0 Å². The Labute approximate surface area is 170 Å². The van der Waals surface area contributed by atoms with Crippen molar-refractivity contribution in [3.63, 3.8) is 0 Å². The number of aromatic nitrogens is 2. The Balaban J connectivity index is 1.75. The average molecular weight is 436 g/mol. The summed E-state index contributed by atoms with van der Waals surface area (Å²) in [5, 5.41) is 2.18. The second kappa shape index (κ2) is 8.46. The molecule has 0 amide bonds. The van der Waals surface area contributed by atoms with Gasteiger partial charge < -0.3 is 4.57 Å². The van der Waals surface area contributed by atoms with Gasteiger partial charge in [0.25, 0.3) is 0 Å². The van der Waals surface area contributed by atoms with Crippen molar-refractivity contribution >= 4 is 33.0 Å². The number of nitrogens with zero attached hydrogens (tertiary/aromatic N) is 3. The Bertz CT molecular complexity index is 1070. The van der Waals surface area contributed by atoms with E-state index >= 15 is 0 Å². The van der Waals surface area contributed by atoms with Crippen LogP contribution in [0, 0.1) is 0 Å². The lowest BCUT2D eigenvalue weighted by atomic mass is 10.1. The molecule has 0 saturated heterocycles. The highest BCUT2D eigenvalue weighted by atomic mass is 79.9. The minimum absolute atomic E-state index is 0.871. The number of hydrogen-bond acceptors (Lipinski definition) is 3. The fraction of sp³-hybridized carbons (Fsp3) is 0.0909. The molecule has 4 rings (SSSR count). The SMILES string of the molecule is Brc1ccc(-c2csc(=Nc3cccnc3)n2CCc2ccccc2)cc1. The number of thiazole rings is 1. The molecule has 0 aliphatic carbocycles. The predicted octanol–water partition coefficient (Wildman–Crippen LogP) is 5.85. The van der Waals surface area contributed by atoms with E-state index in [0.717, 1.165) is 27.9 Å². The summed E-state index contributed by atoms with van der Waals surface area (Å²) in [6, 6.07) is 22.9. The van der Waals surface area contributed by atoms with E-state index in [9.17, 15) is 0 Å². The summed E-state index contributed by atoms with van der Waals surface area (Å²) >= 11 is 5.18. The van der Waals surface area contributed by atoms with Crippen molar-refractivity contribution in [3.05, 3.63) is 99.3 Å². The molecule has 0 N–H and O–H groups in total. The van der Waals surface area contributed by atoms with Crippen LogP contribution in [-0.4, -0.2) is 9.55 Å². The van der Waals surface area contributed by atoms with E-state index in [4.69, 9.17) is 4.99 Å². The smallest absolute Gasteiger partial charge is 0.190 e. The number of benzene rings is 2. The Morgan fingerprint density at radius 2 is 1.78 bits per heavy atom. The van der Waals surface area contributed by atoms with E-state index in [1.807, 2.05) is 12.1 Å². The molecule has 0 aliphatic rings. The van der Waals surface area contributed by atoms with Crippen LogP contribution in [0.15, 0.2) is 94.0 Å². The lowest BCUT2D eigenvalue weighted by molar-refractivity contribution is 0.684. The highest BCUT2D eigenvalue weighted by molar-refractivity contribution is 9.10. The maximum Gasteiger partial charge on any atom is 0.190 e. The summed E-state index contributed by atoms with van der Waals surface area (Å²) in [6.45, 7) is 0.873. The second-order valence-electron chi connectivity index (χ2n) is 6.12. The third-order valence-corrected chi connectivity index (χ3v) is 5.67. The van der Waals surface area contributed by atoms with E-state index < -0.39 is 0 Å². The minimum atomic E-state index is 0.871. The van der Waals surface area contributed by atoms with Crippen molar-refractivity contribution in [1.82, 2.24) is 9.55 Å². The van der Waals surface area contributed by atoms with Gasteiger partial charge in [-0.3, -0.25) is 4.98 Å². The molecular formula is C22H18BrN3S. The maximum atomic E-state index is 4.83. The number of aryl methyl sites for hydroxylation is 1. The lowest BCUT2D eigenvalue weighted by Gasteiger charge is -2.10. The first-order chi connectivity index (χ1) is 13.3. The fourth-order valence-corrected chi connectivity index (χ4v) is 4.12. The highest BCUT2D eigenvalue weighted by Crippen LogP contribution is 2.23. The largest absolute Gasteiger partial charge is 0.316 e. The first-order valence-corrected chi connectivity index (χ1v) is 10.4. The molecule has 0 spiro atoms. The van der Waals surface area contributed by atoms with Gasteiger partial charge in [-0.1, -0.05) is 58.4 Å². The molecule has 134 valence electrons. The van der Waals surface area contributed by atoms with E-state index in [1.54, 1.807) is 23.7 Å². The summed E-state index contributed by atoms with van der Waals surface area (Å²) < 4.78 is 3.38. The van der Waals surface area contributed by atoms with Crippen LogP contribution in [-0.2, 0) is 13.0 Å². The zero-order valence-electron chi connectivity index (χ0n) is 14.6. The molecule has 0 unspecified atom stereocenters. The summed E-state index contributed by atoms with van der Waals surface area (Å²) in [5.41, 5.74) is 4.57. The maximum absolute atomic E-state index is 4.83. The molecule has 0 radical (unpaired) electrons. The zero-order valence-corrected chi connectivity index (χ0v) is 17.0. The van der Waals surface area contributed by atoms with Gasteiger partial charge in [0, 0.05) is 22.6 Å². The molecule has 3 nitrogen and oxygen atoms in total. The van der Waals surface area contributed by atoms with E-state index in [1.165, 1.54) is 16.8 Å². The number of halogens is 1. The van der Waals surface area contributed by atoms with Crippen molar-refractivity contribution in [1.29, 1.82) is 0 Å². The van der Waals surface area contributed by atoms with Gasteiger partial charge in [0.15, 0.2) is 4.80 Å². The van der Waals surface area contributed by atoms with Gasteiger partial charge in [-0.15, -0.1) is 11.3 Å².